The highest BCUT2D eigenvalue weighted by Gasteiger charge is 2.31. The molecule has 24 heavy (non-hydrogen) atoms. The van der Waals surface area contributed by atoms with Crippen molar-refractivity contribution in [2.24, 2.45) is 5.73 Å². The molecule has 0 aliphatic carbocycles. The topological polar surface area (TPSA) is 79.3 Å². The van der Waals surface area contributed by atoms with Crippen molar-refractivity contribution in [1.82, 2.24) is 0 Å². The minimum atomic E-state index is -4.81. The number of hydrogen-bond acceptors (Lipinski definition) is 4. The van der Waals surface area contributed by atoms with Crippen molar-refractivity contribution in [3.8, 4) is 17.6 Å². The van der Waals surface area contributed by atoms with E-state index in [1.165, 1.54) is 24.3 Å². The van der Waals surface area contributed by atoms with Crippen molar-refractivity contribution in [1.29, 1.82) is 5.26 Å². The summed E-state index contributed by atoms with van der Waals surface area (Å²) in [6, 6.07) is 7.43. The Morgan fingerprint density at radius 2 is 1.71 bits per heavy atom. The molecule has 3 N–H and O–H groups in total. The van der Waals surface area contributed by atoms with Gasteiger partial charge in [0.1, 0.15) is 28.9 Å². The number of aromatic hydroxyl groups is 1. The van der Waals surface area contributed by atoms with Gasteiger partial charge in [0.2, 0.25) is 0 Å². The predicted molar refractivity (Wildman–Crippen MR) is 79.2 cm³/mol. The Labute approximate surface area is 140 Å². The Bertz CT molecular complexity index is 758. The van der Waals surface area contributed by atoms with E-state index in [4.69, 9.17) is 11.0 Å². The van der Waals surface area contributed by atoms with E-state index in [1.54, 1.807) is 0 Å². The largest absolute Gasteiger partial charge is 0.573 e. The summed E-state index contributed by atoms with van der Waals surface area (Å²) in [5.41, 5.74) is 5.80. The highest BCUT2D eigenvalue weighted by molar-refractivity contribution is 5.85. The number of alkyl halides is 3. The predicted octanol–water partition coefficient (Wildman–Crippen LogP) is 3.77. The highest BCUT2D eigenvalue weighted by Crippen LogP contribution is 2.32. The summed E-state index contributed by atoms with van der Waals surface area (Å²) < 4.78 is 53.4. The van der Waals surface area contributed by atoms with Crippen LogP contribution in [-0.4, -0.2) is 11.5 Å². The molecule has 2 rings (SSSR count). The van der Waals surface area contributed by atoms with Crippen molar-refractivity contribution in [3.05, 3.63) is 58.9 Å². The van der Waals surface area contributed by atoms with E-state index < -0.39 is 35.3 Å². The zero-order valence-corrected chi connectivity index (χ0v) is 12.7. The van der Waals surface area contributed by atoms with Crippen molar-refractivity contribution in [2.45, 2.75) is 12.4 Å². The van der Waals surface area contributed by atoms with E-state index >= 15 is 0 Å². The van der Waals surface area contributed by atoms with Crippen LogP contribution in [0.15, 0.2) is 36.4 Å². The fourth-order valence-corrected chi connectivity index (χ4v) is 2.00. The molecule has 0 aliphatic rings. The maximum Gasteiger partial charge on any atom is 0.573 e. The Balaban J connectivity index is 0.00000288. The van der Waals surface area contributed by atoms with Gasteiger partial charge in [0.25, 0.3) is 0 Å². The molecule has 0 bridgehead atoms. The Hall–Kier alpha value is -2.50. The first-order chi connectivity index (χ1) is 10.7. The fraction of sp³-hybridized carbons (Fsp3) is 0.133. The van der Waals surface area contributed by atoms with Crippen LogP contribution in [0.4, 0.5) is 17.6 Å². The number of nitrogens with two attached hydrogens (primary N) is 1. The number of nitriles is 1. The molecular formula is C15H11ClF4N2O2. The van der Waals surface area contributed by atoms with Crippen LogP contribution in [0.5, 0.6) is 11.5 Å². The lowest BCUT2D eigenvalue weighted by Crippen LogP contribution is -2.17. The third-order valence-corrected chi connectivity index (χ3v) is 3.08. The molecular weight excluding hydrogens is 352 g/mol. The first kappa shape index (κ1) is 19.5. The molecule has 2 aromatic carbocycles. The van der Waals surface area contributed by atoms with Gasteiger partial charge in [-0.05, 0) is 23.8 Å². The first-order valence-corrected chi connectivity index (χ1v) is 6.25. The number of benzene rings is 2. The molecule has 0 saturated carbocycles. The minimum absolute atomic E-state index is 0. The number of nitrogens with zero attached hydrogens (tertiary/aromatic N) is 1. The molecule has 0 heterocycles. The Morgan fingerprint density at radius 3 is 2.21 bits per heavy atom. The summed E-state index contributed by atoms with van der Waals surface area (Å²) >= 11 is 0. The summed E-state index contributed by atoms with van der Waals surface area (Å²) in [5.74, 6) is -1.92. The third kappa shape index (κ3) is 4.28. The van der Waals surface area contributed by atoms with Gasteiger partial charge in [-0.1, -0.05) is 18.2 Å². The quantitative estimate of drug-likeness (QED) is 0.815. The standard InChI is InChI=1S/C15H10F4N2O2.ClH/c16-12-6-5-10(14(22)11(12)7-20)13(21)8-1-3-9(4-2-8)23-15(17,18)19;/h1-6,13,22H,21H2;1H/t13-;/m0./s1. The molecule has 128 valence electrons. The zero-order valence-electron chi connectivity index (χ0n) is 11.8. The number of halogens is 5. The molecule has 0 spiro atoms. The average Bonchev–Trinajstić information content (AvgIpc) is 2.46. The number of phenolic OH excluding ortho intramolecular Hbond substituents is 1. The summed E-state index contributed by atoms with van der Waals surface area (Å²) in [7, 11) is 0. The van der Waals surface area contributed by atoms with E-state index in [9.17, 15) is 22.7 Å². The zero-order chi connectivity index (χ0) is 17.2. The summed E-state index contributed by atoms with van der Waals surface area (Å²) in [4.78, 5) is 0. The van der Waals surface area contributed by atoms with Gasteiger partial charge >= 0.3 is 6.36 Å². The van der Waals surface area contributed by atoms with Gasteiger partial charge in [0.15, 0.2) is 0 Å². The normalized spacial score (nSPS) is 12.0. The van der Waals surface area contributed by atoms with E-state index in [2.05, 4.69) is 4.74 Å². The first-order valence-electron chi connectivity index (χ1n) is 6.25. The lowest BCUT2D eigenvalue weighted by atomic mass is 9.96. The fourth-order valence-electron chi connectivity index (χ4n) is 2.00. The lowest BCUT2D eigenvalue weighted by Gasteiger charge is -2.16. The van der Waals surface area contributed by atoms with Gasteiger partial charge < -0.3 is 15.6 Å². The van der Waals surface area contributed by atoms with Crippen LogP contribution < -0.4 is 10.5 Å². The molecule has 2 aromatic rings. The van der Waals surface area contributed by atoms with Gasteiger partial charge in [-0.15, -0.1) is 25.6 Å². The second kappa shape index (κ2) is 7.38. The average molecular weight is 363 g/mol. The molecule has 1 atom stereocenters. The molecule has 0 fully saturated rings. The van der Waals surface area contributed by atoms with Gasteiger partial charge in [-0.2, -0.15) is 5.26 Å². The minimum Gasteiger partial charge on any atom is -0.506 e. The van der Waals surface area contributed by atoms with Crippen LogP contribution >= 0.6 is 12.4 Å². The maximum absolute atomic E-state index is 13.4. The van der Waals surface area contributed by atoms with Gasteiger partial charge in [-0.3, -0.25) is 0 Å². The second-order valence-electron chi connectivity index (χ2n) is 4.57. The van der Waals surface area contributed by atoms with Crippen LogP contribution in [-0.2, 0) is 0 Å². The summed E-state index contributed by atoms with van der Waals surface area (Å²) in [5, 5.41) is 18.7. The van der Waals surface area contributed by atoms with Crippen molar-refractivity contribution >= 4 is 12.4 Å². The summed E-state index contributed by atoms with van der Waals surface area (Å²) in [6.07, 6.45) is -4.81. The van der Waals surface area contributed by atoms with Crippen LogP contribution in [0.3, 0.4) is 0 Å². The van der Waals surface area contributed by atoms with E-state index in [-0.39, 0.29) is 18.0 Å². The van der Waals surface area contributed by atoms with Crippen molar-refractivity contribution < 1.29 is 27.4 Å². The summed E-state index contributed by atoms with van der Waals surface area (Å²) in [6.45, 7) is 0. The van der Waals surface area contributed by atoms with E-state index in [1.807, 2.05) is 0 Å². The van der Waals surface area contributed by atoms with Crippen LogP contribution in [0, 0.1) is 17.1 Å². The molecule has 9 heteroatoms. The molecule has 0 radical (unpaired) electrons. The molecule has 4 nitrogen and oxygen atoms in total. The van der Waals surface area contributed by atoms with Crippen LogP contribution in [0.2, 0.25) is 0 Å². The third-order valence-electron chi connectivity index (χ3n) is 3.08. The highest BCUT2D eigenvalue weighted by atomic mass is 35.5. The monoisotopic (exact) mass is 362 g/mol. The molecule has 0 unspecified atom stereocenters. The van der Waals surface area contributed by atoms with Gasteiger partial charge in [-0.25, -0.2) is 4.39 Å². The van der Waals surface area contributed by atoms with Crippen molar-refractivity contribution in [3.63, 3.8) is 0 Å². The van der Waals surface area contributed by atoms with Crippen LogP contribution in [0.25, 0.3) is 0 Å². The Morgan fingerprint density at radius 1 is 1.12 bits per heavy atom. The second-order valence-corrected chi connectivity index (χ2v) is 4.57. The number of hydrogen-bond donors (Lipinski definition) is 2. The van der Waals surface area contributed by atoms with Crippen molar-refractivity contribution in [2.75, 3.05) is 0 Å². The van der Waals surface area contributed by atoms with Gasteiger partial charge in [0.05, 0.1) is 6.04 Å². The maximum atomic E-state index is 13.4. The molecule has 0 saturated heterocycles. The SMILES string of the molecule is Cl.N#Cc1c(F)ccc([C@@H](N)c2ccc(OC(F)(F)F)cc2)c1O. The van der Waals surface area contributed by atoms with E-state index in [0.717, 1.165) is 18.2 Å². The van der Waals surface area contributed by atoms with Gasteiger partial charge in [0, 0.05) is 5.56 Å². The molecule has 0 aliphatic heterocycles. The van der Waals surface area contributed by atoms with Crippen LogP contribution in [0.1, 0.15) is 22.7 Å². The number of phenols is 1. The molecule has 0 aromatic heterocycles. The number of rotatable bonds is 3. The Kier molecular flexibility index (Phi) is 6.01. The van der Waals surface area contributed by atoms with E-state index in [0.29, 0.717) is 5.56 Å². The smallest absolute Gasteiger partial charge is 0.506 e. The molecule has 0 amide bonds. The lowest BCUT2D eigenvalue weighted by molar-refractivity contribution is -0.274. The number of ether oxygens (including phenoxy) is 1.